The van der Waals surface area contributed by atoms with Crippen LogP contribution < -0.4 is 5.32 Å². The van der Waals surface area contributed by atoms with Gasteiger partial charge in [0, 0.05) is 12.1 Å². The number of halogens is 1. The largest absolute Gasteiger partial charge is 0.456 e. The third-order valence-corrected chi connectivity index (χ3v) is 4.18. The summed E-state index contributed by atoms with van der Waals surface area (Å²) in [5.74, 6) is -1.25. The first-order chi connectivity index (χ1) is 12.5. The molecule has 0 unspecified atom stereocenters. The Morgan fingerprint density at radius 3 is 2.19 bits per heavy atom. The molecule has 0 saturated carbocycles. The molecule has 26 heavy (non-hydrogen) atoms. The van der Waals surface area contributed by atoms with Crippen LogP contribution in [0.1, 0.15) is 37.0 Å². The predicted octanol–water partition coefficient (Wildman–Crippen LogP) is 4.07. The minimum absolute atomic E-state index is 0.0277. The number of para-hydroxylation sites is 1. The number of amides is 1. The number of nitrogens with one attached hydrogen (secondary N) is 1. The molecule has 0 saturated heterocycles. The molecule has 0 atom stereocenters. The molecule has 5 heteroatoms. The molecule has 0 aliphatic carbocycles. The van der Waals surface area contributed by atoms with E-state index in [4.69, 9.17) is 4.74 Å². The van der Waals surface area contributed by atoms with Gasteiger partial charge in [0.2, 0.25) is 0 Å². The zero-order valence-corrected chi connectivity index (χ0v) is 15.2. The number of rotatable bonds is 8. The zero-order valence-electron chi connectivity index (χ0n) is 15.2. The molecule has 0 aromatic heterocycles. The van der Waals surface area contributed by atoms with Crippen LogP contribution in [0.3, 0.4) is 0 Å². The molecule has 4 nitrogen and oxygen atoms in total. The Labute approximate surface area is 153 Å². The lowest BCUT2D eigenvalue weighted by molar-refractivity contribution is -0.147. The number of aryl methyl sites for hydroxylation is 3. The number of anilines is 1. The molecule has 0 aliphatic rings. The van der Waals surface area contributed by atoms with Crippen molar-refractivity contribution in [2.45, 2.75) is 39.5 Å². The molecule has 2 aromatic carbocycles. The van der Waals surface area contributed by atoms with E-state index in [2.05, 4.69) is 5.32 Å². The molecular weight excluding hydrogens is 333 g/mol. The zero-order chi connectivity index (χ0) is 18.9. The topological polar surface area (TPSA) is 55.4 Å². The van der Waals surface area contributed by atoms with Crippen LogP contribution in [-0.4, -0.2) is 18.5 Å². The number of ether oxygens (including phenoxy) is 1. The highest BCUT2D eigenvalue weighted by molar-refractivity contribution is 5.94. The van der Waals surface area contributed by atoms with E-state index in [1.165, 1.54) is 6.07 Å². The fourth-order valence-corrected chi connectivity index (χ4v) is 2.73. The quantitative estimate of drug-likeness (QED) is 0.725. The second-order valence-electron chi connectivity index (χ2n) is 5.96. The van der Waals surface area contributed by atoms with Gasteiger partial charge in [-0.15, -0.1) is 0 Å². The lowest BCUT2D eigenvalue weighted by Gasteiger charge is -2.14. The van der Waals surface area contributed by atoms with Gasteiger partial charge in [0.1, 0.15) is 5.82 Å². The second-order valence-corrected chi connectivity index (χ2v) is 5.96. The van der Waals surface area contributed by atoms with E-state index in [1.807, 2.05) is 32.0 Å². The summed E-state index contributed by atoms with van der Waals surface area (Å²) in [5, 5.41) is 2.84. The third kappa shape index (κ3) is 5.41. The van der Waals surface area contributed by atoms with Crippen molar-refractivity contribution in [2.75, 3.05) is 11.9 Å². The van der Waals surface area contributed by atoms with Crippen molar-refractivity contribution < 1.29 is 18.7 Å². The van der Waals surface area contributed by atoms with Crippen LogP contribution in [0.25, 0.3) is 0 Å². The Bertz CT molecular complexity index is 751. The number of carbonyl (C=O) groups excluding carboxylic acids is 2. The van der Waals surface area contributed by atoms with E-state index >= 15 is 0 Å². The van der Waals surface area contributed by atoms with Crippen LogP contribution in [0.2, 0.25) is 0 Å². The highest BCUT2D eigenvalue weighted by Crippen LogP contribution is 2.22. The van der Waals surface area contributed by atoms with Gasteiger partial charge in [-0.3, -0.25) is 9.59 Å². The molecular formula is C21H24FNO3. The summed E-state index contributed by atoms with van der Waals surface area (Å²) in [6, 6.07) is 12.2. The smallest absolute Gasteiger partial charge is 0.306 e. The van der Waals surface area contributed by atoms with Crippen LogP contribution in [0.4, 0.5) is 10.1 Å². The van der Waals surface area contributed by atoms with Gasteiger partial charge in [0.25, 0.3) is 5.91 Å². The Kier molecular flexibility index (Phi) is 7.33. The Hall–Kier alpha value is -2.69. The average Bonchev–Trinajstić information content (AvgIpc) is 2.65. The van der Waals surface area contributed by atoms with Crippen LogP contribution in [-0.2, 0) is 33.6 Å². The molecule has 2 aromatic rings. The Morgan fingerprint density at radius 1 is 0.962 bits per heavy atom. The monoisotopic (exact) mass is 357 g/mol. The molecule has 0 aliphatic heterocycles. The lowest BCUT2D eigenvalue weighted by atomic mass is 10.0. The average molecular weight is 357 g/mol. The summed E-state index contributed by atoms with van der Waals surface area (Å²) in [4.78, 5) is 23.9. The molecule has 0 bridgehead atoms. The first kappa shape index (κ1) is 19.6. The molecule has 0 heterocycles. The Morgan fingerprint density at radius 2 is 1.58 bits per heavy atom. The summed E-state index contributed by atoms with van der Waals surface area (Å²) in [6.45, 7) is 3.69. The van der Waals surface area contributed by atoms with Crippen molar-refractivity contribution in [1.29, 1.82) is 0 Å². The van der Waals surface area contributed by atoms with E-state index in [9.17, 15) is 14.0 Å². The first-order valence-electron chi connectivity index (χ1n) is 8.84. The first-order valence-corrected chi connectivity index (χ1v) is 8.84. The number of esters is 1. The summed E-state index contributed by atoms with van der Waals surface area (Å²) >= 11 is 0. The van der Waals surface area contributed by atoms with E-state index < -0.39 is 5.97 Å². The van der Waals surface area contributed by atoms with Gasteiger partial charge in [-0.2, -0.15) is 0 Å². The van der Waals surface area contributed by atoms with Gasteiger partial charge in [-0.05, 0) is 42.0 Å². The van der Waals surface area contributed by atoms with E-state index in [1.54, 1.807) is 18.2 Å². The third-order valence-electron chi connectivity index (χ3n) is 4.18. The van der Waals surface area contributed by atoms with Crippen molar-refractivity contribution in [2.24, 2.45) is 0 Å². The molecule has 1 amide bonds. The standard InChI is InChI=1S/C21H24FNO3/c1-3-15-9-7-10-16(4-2)21(15)23-19(24)14-26-20(25)13-12-17-8-5-6-11-18(17)22/h5-11H,3-4,12-14H2,1-2H3,(H,23,24). The van der Waals surface area contributed by atoms with Crippen molar-refractivity contribution in [1.82, 2.24) is 0 Å². The molecule has 0 radical (unpaired) electrons. The summed E-state index contributed by atoms with van der Waals surface area (Å²) in [7, 11) is 0. The maximum Gasteiger partial charge on any atom is 0.306 e. The summed E-state index contributed by atoms with van der Waals surface area (Å²) in [6.07, 6.45) is 1.86. The SMILES string of the molecule is CCc1cccc(CC)c1NC(=O)COC(=O)CCc1ccccc1F. The van der Waals surface area contributed by atoms with Crippen LogP contribution >= 0.6 is 0 Å². The van der Waals surface area contributed by atoms with Gasteiger partial charge < -0.3 is 10.1 Å². The van der Waals surface area contributed by atoms with Crippen LogP contribution in [0.15, 0.2) is 42.5 Å². The van der Waals surface area contributed by atoms with E-state index in [-0.39, 0.29) is 31.2 Å². The van der Waals surface area contributed by atoms with Crippen molar-refractivity contribution in [3.05, 3.63) is 65.0 Å². The fourth-order valence-electron chi connectivity index (χ4n) is 2.73. The number of hydrogen-bond acceptors (Lipinski definition) is 3. The highest BCUT2D eigenvalue weighted by Gasteiger charge is 2.13. The van der Waals surface area contributed by atoms with Gasteiger partial charge in [-0.1, -0.05) is 50.2 Å². The normalized spacial score (nSPS) is 10.4. The van der Waals surface area contributed by atoms with Gasteiger partial charge in [0.05, 0.1) is 0 Å². The molecule has 138 valence electrons. The second kappa shape index (κ2) is 9.70. The predicted molar refractivity (Wildman–Crippen MR) is 99.5 cm³/mol. The highest BCUT2D eigenvalue weighted by atomic mass is 19.1. The minimum Gasteiger partial charge on any atom is -0.456 e. The summed E-state index contributed by atoms with van der Waals surface area (Å²) in [5.41, 5.74) is 3.34. The van der Waals surface area contributed by atoms with Gasteiger partial charge >= 0.3 is 5.97 Å². The van der Waals surface area contributed by atoms with Crippen LogP contribution in [0.5, 0.6) is 0 Å². The molecule has 0 spiro atoms. The van der Waals surface area contributed by atoms with E-state index in [0.29, 0.717) is 5.56 Å². The van der Waals surface area contributed by atoms with Crippen molar-refractivity contribution in [3.63, 3.8) is 0 Å². The lowest BCUT2D eigenvalue weighted by Crippen LogP contribution is -2.22. The molecule has 2 rings (SSSR count). The maximum atomic E-state index is 13.5. The molecule has 0 fully saturated rings. The summed E-state index contributed by atoms with van der Waals surface area (Å²) < 4.78 is 18.5. The van der Waals surface area contributed by atoms with Gasteiger partial charge in [0.15, 0.2) is 6.61 Å². The van der Waals surface area contributed by atoms with E-state index in [0.717, 1.165) is 29.7 Å². The number of benzene rings is 2. The number of carbonyl (C=O) groups is 2. The van der Waals surface area contributed by atoms with Crippen molar-refractivity contribution >= 4 is 17.6 Å². The van der Waals surface area contributed by atoms with Crippen LogP contribution in [0, 0.1) is 5.82 Å². The fraction of sp³-hybridized carbons (Fsp3) is 0.333. The number of hydrogen-bond donors (Lipinski definition) is 1. The molecule has 1 N–H and O–H groups in total. The maximum absolute atomic E-state index is 13.5. The Balaban J connectivity index is 1.85. The van der Waals surface area contributed by atoms with Crippen molar-refractivity contribution in [3.8, 4) is 0 Å². The van der Waals surface area contributed by atoms with Gasteiger partial charge in [-0.25, -0.2) is 4.39 Å². The minimum atomic E-state index is -0.525.